The molecule has 0 unspecified atom stereocenters. The summed E-state index contributed by atoms with van der Waals surface area (Å²) < 4.78 is 13.7. The molecule has 1 amide bonds. The number of rotatable bonds is 6. The Bertz CT molecular complexity index is 773. The van der Waals surface area contributed by atoms with Gasteiger partial charge in [0.1, 0.15) is 11.5 Å². The molecule has 2 N–H and O–H groups in total. The molecular weight excluding hydrogens is 343 g/mol. The van der Waals surface area contributed by atoms with Gasteiger partial charge in [-0.2, -0.15) is 0 Å². The van der Waals surface area contributed by atoms with Crippen molar-refractivity contribution in [2.24, 2.45) is 0 Å². The Labute approximate surface area is 159 Å². The molecule has 0 bridgehead atoms. The van der Waals surface area contributed by atoms with Crippen LogP contribution in [-0.2, 0) is 6.42 Å². The topological polar surface area (TPSA) is 66.9 Å². The summed E-state index contributed by atoms with van der Waals surface area (Å²) in [6.07, 6.45) is 7.66. The van der Waals surface area contributed by atoms with Crippen molar-refractivity contribution in [1.29, 1.82) is 0 Å². The largest absolute Gasteiger partial charge is 0.351 e. The van der Waals surface area contributed by atoms with Crippen LogP contribution in [0.3, 0.4) is 0 Å². The molecule has 2 aromatic rings. The molecular formula is C21H27FN4O. The minimum atomic E-state index is -0.263. The van der Waals surface area contributed by atoms with Gasteiger partial charge >= 0.3 is 0 Å². The van der Waals surface area contributed by atoms with Crippen molar-refractivity contribution < 1.29 is 9.18 Å². The summed E-state index contributed by atoms with van der Waals surface area (Å²) in [4.78, 5) is 21.3. The number of aryl methyl sites for hydroxylation is 1. The third-order valence-electron chi connectivity index (χ3n) is 4.91. The van der Waals surface area contributed by atoms with Crippen molar-refractivity contribution in [3.63, 3.8) is 0 Å². The smallest absolute Gasteiger partial charge is 0.270 e. The first-order valence-electron chi connectivity index (χ1n) is 9.75. The van der Waals surface area contributed by atoms with Crippen LogP contribution >= 0.6 is 0 Å². The van der Waals surface area contributed by atoms with Crippen LogP contribution < -0.4 is 10.6 Å². The van der Waals surface area contributed by atoms with Crippen LogP contribution in [0.25, 0.3) is 0 Å². The lowest BCUT2D eigenvalue weighted by Gasteiger charge is -2.17. The standard InChI is InChI=1S/C21H27FN4O/c1-15-14-19(20(27)23-13-12-16-8-6-7-11-18(16)22)26-21(24-15)25-17-9-4-2-3-5-10-17/h6-8,11,14,17H,2-5,9-10,12-13H2,1H3,(H,23,27)(H,24,25,26). The Balaban J connectivity index is 1.59. The number of amides is 1. The van der Waals surface area contributed by atoms with Crippen LogP contribution in [0.15, 0.2) is 30.3 Å². The Hall–Kier alpha value is -2.50. The zero-order valence-corrected chi connectivity index (χ0v) is 15.8. The summed E-state index contributed by atoms with van der Waals surface area (Å²) in [5, 5.41) is 6.21. The predicted molar refractivity (Wildman–Crippen MR) is 104 cm³/mol. The van der Waals surface area contributed by atoms with Gasteiger partial charge in [-0.15, -0.1) is 0 Å². The van der Waals surface area contributed by atoms with E-state index in [2.05, 4.69) is 20.6 Å². The number of nitrogens with zero attached hydrogens (tertiary/aromatic N) is 2. The highest BCUT2D eigenvalue weighted by atomic mass is 19.1. The molecule has 1 saturated carbocycles. The molecule has 1 fully saturated rings. The van der Waals surface area contributed by atoms with Gasteiger partial charge in [0, 0.05) is 18.3 Å². The van der Waals surface area contributed by atoms with Gasteiger partial charge in [-0.1, -0.05) is 43.9 Å². The summed E-state index contributed by atoms with van der Waals surface area (Å²) in [6, 6.07) is 8.65. The fourth-order valence-corrected chi connectivity index (χ4v) is 3.46. The molecule has 1 aromatic carbocycles. The third-order valence-corrected chi connectivity index (χ3v) is 4.91. The normalized spacial score (nSPS) is 15.2. The molecule has 0 radical (unpaired) electrons. The number of benzene rings is 1. The van der Waals surface area contributed by atoms with Crippen molar-refractivity contribution in [2.75, 3.05) is 11.9 Å². The van der Waals surface area contributed by atoms with Gasteiger partial charge in [0.25, 0.3) is 5.91 Å². The second kappa shape index (κ2) is 9.44. The van der Waals surface area contributed by atoms with Crippen LogP contribution in [0.5, 0.6) is 0 Å². The number of hydrogen-bond acceptors (Lipinski definition) is 4. The lowest BCUT2D eigenvalue weighted by Crippen LogP contribution is -2.28. The molecule has 0 aliphatic heterocycles. The van der Waals surface area contributed by atoms with Crippen LogP contribution in [0.2, 0.25) is 0 Å². The molecule has 6 heteroatoms. The van der Waals surface area contributed by atoms with E-state index in [1.807, 2.05) is 6.92 Å². The van der Waals surface area contributed by atoms with Crippen molar-refractivity contribution >= 4 is 11.9 Å². The van der Waals surface area contributed by atoms with Gasteiger partial charge in [-0.3, -0.25) is 4.79 Å². The molecule has 27 heavy (non-hydrogen) atoms. The molecule has 0 atom stereocenters. The zero-order chi connectivity index (χ0) is 19.1. The summed E-state index contributed by atoms with van der Waals surface area (Å²) in [5.41, 5.74) is 1.68. The maximum absolute atomic E-state index is 13.7. The van der Waals surface area contributed by atoms with E-state index in [0.29, 0.717) is 36.2 Å². The van der Waals surface area contributed by atoms with Crippen LogP contribution in [0.4, 0.5) is 10.3 Å². The van der Waals surface area contributed by atoms with Gasteiger partial charge in [-0.25, -0.2) is 14.4 Å². The van der Waals surface area contributed by atoms with Crippen molar-refractivity contribution in [2.45, 2.75) is 57.9 Å². The summed E-state index contributed by atoms with van der Waals surface area (Å²) in [5.74, 6) is 0.00132. The van der Waals surface area contributed by atoms with E-state index < -0.39 is 0 Å². The Kier molecular flexibility index (Phi) is 6.74. The van der Waals surface area contributed by atoms with Gasteiger partial charge < -0.3 is 10.6 Å². The quantitative estimate of drug-likeness (QED) is 0.754. The molecule has 1 heterocycles. The first-order valence-corrected chi connectivity index (χ1v) is 9.75. The third kappa shape index (κ3) is 5.74. The van der Waals surface area contributed by atoms with E-state index in [9.17, 15) is 9.18 Å². The van der Waals surface area contributed by atoms with E-state index in [4.69, 9.17) is 0 Å². The Morgan fingerprint density at radius 3 is 2.63 bits per heavy atom. The Morgan fingerprint density at radius 2 is 1.89 bits per heavy atom. The summed E-state index contributed by atoms with van der Waals surface area (Å²) in [6.45, 7) is 2.21. The monoisotopic (exact) mass is 370 g/mol. The van der Waals surface area contributed by atoms with Gasteiger partial charge in [0.05, 0.1) is 0 Å². The molecule has 144 valence electrons. The van der Waals surface area contributed by atoms with Crippen LogP contribution in [0.1, 0.15) is 60.3 Å². The number of nitrogens with one attached hydrogen (secondary N) is 2. The average molecular weight is 370 g/mol. The SMILES string of the molecule is Cc1cc(C(=O)NCCc2ccccc2F)nc(NC2CCCCCC2)n1. The molecule has 3 rings (SSSR count). The van der Waals surface area contributed by atoms with Crippen molar-refractivity contribution in [3.8, 4) is 0 Å². The highest BCUT2D eigenvalue weighted by Gasteiger charge is 2.15. The maximum Gasteiger partial charge on any atom is 0.270 e. The second-order valence-corrected chi connectivity index (χ2v) is 7.15. The van der Waals surface area contributed by atoms with Gasteiger partial charge in [-0.05, 0) is 43.9 Å². The van der Waals surface area contributed by atoms with Gasteiger partial charge in [0.2, 0.25) is 5.95 Å². The van der Waals surface area contributed by atoms with Gasteiger partial charge in [0.15, 0.2) is 0 Å². The highest BCUT2D eigenvalue weighted by molar-refractivity contribution is 5.92. The number of halogens is 1. The second-order valence-electron chi connectivity index (χ2n) is 7.15. The molecule has 0 saturated heterocycles. The molecule has 5 nitrogen and oxygen atoms in total. The Morgan fingerprint density at radius 1 is 1.15 bits per heavy atom. The minimum absolute atomic E-state index is 0.250. The fraction of sp³-hybridized carbons (Fsp3) is 0.476. The number of carbonyl (C=O) groups excluding carboxylic acids is 1. The summed E-state index contributed by atoms with van der Waals surface area (Å²) >= 11 is 0. The lowest BCUT2D eigenvalue weighted by atomic mass is 10.1. The molecule has 1 aliphatic rings. The van der Waals surface area contributed by atoms with E-state index in [1.165, 1.54) is 31.7 Å². The maximum atomic E-state index is 13.7. The first kappa shape index (κ1) is 19.3. The zero-order valence-electron chi connectivity index (χ0n) is 15.8. The molecule has 0 spiro atoms. The first-order chi connectivity index (χ1) is 13.1. The average Bonchev–Trinajstić information content (AvgIpc) is 2.91. The number of carbonyl (C=O) groups is 1. The number of aromatic nitrogens is 2. The van der Waals surface area contributed by atoms with Crippen LogP contribution in [-0.4, -0.2) is 28.5 Å². The van der Waals surface area contributed by atoms with Crippen molar-refractivity contribution in [3.05, 3.63) is 53.1 Å². The van der Waals surface area contributed by atoms with Crippen LogP contribution in [0, 0.1) is 12.7 Å². The number of anilines is 1. The molecule has 1 aromatic heterocycles. The van der Waals surface area contributed by atoms with E-state index in [1.54, 1.807) is 24.3 Å². The lowest BCUT2D eigenvalue weighted by molar-refractivity contribution is 0.0949. The molecule has 1 aliphatic carbocycles. The van der Waals surface area contributed by atoms with E-state index in [0.717, 1.165) is 18.5 Å². The van der Waals surface area contributed by atoms with Crippen molar-refractivity contribution in [1.82, 2.24) is 15.3 Å². The highest BCUT2D eigenvalue weighted by Crippen LogP contribution is 2.20. The number of hydrogen-bond donors (Lipinski definition) is 2. The van der Waals surface area contributed by atoms with E-state index in [-0.39, 0.29) is 11.7 Å². The van der Waals surface area contributed by atoms with E-state index >= 15 is 0 Å². The fourth-order valence-electron chi connectivity index (χ4n) is 3.46. The summed E-state index contributed by atoms with van der Waals surface area (Å²) in [7, 11) is 0. The minimum Gasteiger partial charge on any atom is -0.351 e. The predicted octanol–water partition coefficient (Wildman–Crippen LogP) is 4.03.